The van der Waals surface area contributed by atoms with Gasteiger partial charge in [0.2, 0.25) is 0 Å². The lowest BCUT2D eigenvalue weighted by Gasteiger charge is -2.16. The van der Waals surface area contributed by atoms with Crippen molar-refractivity contribution in [2.75, 3.05) is 0 Å². The van der Waals surface area contributed by atoms with Crippen LogP contribution in [-0.2, 0) is 0 Å². The van der Waals surface area contributed by atoms with Crippen molar-refractivity contribution in [1.82, 2.24) is 10.3 Å². The van der Waals surface area contributed by atoms with Crippen LogP contribution in [0.25, 0.3) is 10.6 Å². The summed E-state index contributed by atoms with van der Waals surface area (Å²) in [6.07, 6.45) is 3.29. The summed E-state index contributed by atoms with van der Waals surface area (Å²) >= 11 is 1.32. The van der Waals surface area contributed by atoms with Gasteiger partial charge in [0.25, 0.3) is 11.6 Å². The Morgan fingerprint density at radius 3 is 2.96 bits per heavy atom. The summed E-state index contributed by atoms with van der Waals surface area (Å²) in [4.78, 5) is 27.0. The summed E-state index contributed by atoms with van der Waals surface area (Å²) in [5.41, 5.74) is 1.04. The van der Waals surface area contributed by atoms with Crippen molar-refractivity contribution >= 4 is 22.9 Å². The van der Waals surface area contributed by atoms with E-state index in [4.69, 9.17) is 0 Å². The molecule has 2 atom stereocenters. The van der Waals surface area contributed by atoms with E-state index in [9.17, 15) is 14.9 Å². The Balaban J connectivity index is 1.76. The predicted octanol–water partition coefficient (Wildman–Crippen LogP) is 3.64. The third-order valence-electron chi connectivity index (χ3n) is 4.22. The molecule has 1 amide bonds. The molecule has 1 saturated carbocycles. The first-order valence-corrected chi connectivity index (χ1v) is 8.44. The molecule has 1 N–H and O–H groups in total. The molecule has 23 heavy (non-hydrogen) atoms. The summed E-state index contributed by atoms with van der Waals surface area (Å²) in [6, 6.07) is 6.50. The minimum absolute atomic E-state index is 0.0171. The van der Waals surface area contributed by atoms with Gasteiger partial charge in [-0.3, -0.25) is 14.9 Å². The third-order valence-corrected chi connectivity index (χ3v) is 5.11. The Kier molecular flexibility index (Phi) is 4.38. The Labute approximate surface area is 137 Å². The normalized spacial score (nSPS) is 20.4. The van der Waals surface area contributed by atoms with Gasteiger partial charge in [0, 0.05) is 29.1 Å². The molecular weight excluding hydrogens is 314 g/mol. The number of aromatic nitrogens is 1. The Morgan fingerprint density at radius 2 is 2.26 bits per heavy atom. The second kappa shape index (κ2) is 6.45. The highest BCUT2D eigenvalue weighted by Gasteiger charge is 2.26. The second-order valence-corrected chi connectivity index (χ2v) is 6.69. The number of carbonyl (C=O) groups is 1. The number of nitro benzene ring substituents is 1. The molecule has 3 rings (SSSR count). The molecule has 0 aliphatic heterocycles. The first kappa shape index (κ1) is 15.6. The predicted molar refractivity (Wildman–Crippen MR) is 88.5 cm³/mol. The van der Waals surface area contributed by atoms with E-state index in [1.165, 1.54) is 23.5 Å². The third kappa shape index (κ3) is 3.39. The minimum Gasteiger partial charge on any atom is -0.348 e. The van der Waals surface area contributed by atoms with Crippen LogP contribution in [0.1, 0.15) is 36.7 Å². The molecule has 120 valence electrons. The van der Waals surface area contributed by atoms with Crippen LogP contribution in [0.4, 0.5) is 5.69 Å². The van der Waals surface area contributed by atoms with Gasteiger partial charge < -0.3 is 5.32 Å². The maximum absolute atomic E-state index is 12.3. The molecule has 1 heterocycles. The van der Waals surface area contributed by atoms with E-state index < -0.39 is 4.92 Å². The van der Waals surface area contributed by atoms with Gasteiger partial charge >= 0.3 is 0 Å². The number of hydrogen-bond donors (Lipinski definition) is 1. The molecule has 7 heteroatoms. The molecule has 1 aliphatic carbocycles. The van der Waals surface area contributed by atoms with Gasteiger partial charge in [-0.05, 0) is 18.8 Å². The van der Waals surface area contributed by atoms with Gasteiger partial charge in [0.15, 0.2) is 0 Å². The zero-order valence-electron chi connectivity index (χ0n) is 12.7. The maximum atomic E-state index is 12.3. The van der Waals surface area contributed by atoms with E-state index in [0.29, 0.717) is 22.2 Å². The smallest absolute Gasteiger partial charge is 0.271 e. The van der Waals surface area contributed by atoms with Gasteiger partial charge in [-0.1, -0.05) is 25.5 Å². The fourth-order valence-corrected chi connectivity index (χ4v) is 3.66. The molecule has 0 spiro atoms. The zero-order valence-corrected chi connectivity index (χ0v) is 13.5. The molecule has 1 aromatic heterocycles. The zero-order chi connectivity index (χ0) is 16.4. The SMILES string of the molecule is CC1CCCC1NC(=O)c1csc(-c2cccc([N+](=O)[O-])c2)n1. The van der Waals surface area contributed by atoms with Crippen molar-refractivity contribution < 1.29 is 9.72 Å². The largest absolute Gasteiger partial charge is 0.348 e. The lowest BCUT2D eigenvalue weighted by Crippen LogP contribution is -2.36. The van der Waals surface area contributed by atoms with Crippen LogP contribution < -0.4 is 5.32 Å². The first-order chi connectivity index (χ1) is 11.0. The monoisotopic (exact) mass is 331 g/mol. The van der Waals surface area contributed by atoms with Crippen LogP contribution in [0, 0.1) is 16.0 Å². The molecule has 1 aliphatic rings. The highest BCUT2D eigenvalue weighted by atomic mass is 32.1. The number of nitro groups is 1. The Morgan fingerprint density at radius 1 is 1.43 bits per heavy atom. The Hall–Kier alpha value is -2.28. The quantitative estimate of drug-likeness (QED) is 0.684. The van der Waals surface area contributed by atoms with Crippen LogP contribution in [0.15, 0.2) is 29.6 Å². The fourth-order valence-electron chi connectivity index (χ4n) is 2.87. The molecule has 6 nitrogen and oxygen atoms in total. The van der Waals surface area contributed by atoms with Gasteiger partial charge in [-0.2, -0.15) is 0 Å². The van der Waals surface area contributed by atoms with E-state index in [2.05, 4.69) is 17.2 Å². The maximum Gasteiger partial charge on any atom is 0.271 e. The summed E-state index contributed by atoms with van der Waals surface area (Å²) in [6.45, 7) is 2.15. The van der Waals surface area contributed by atoms with Crippen molar-refractivity contribution in [2.24, 2.45) is 5.92 Å². The van der Waals surface area contributed by atoms with E-state index in [1.807, 2.05) is 0 Å². The first-order valence-electron chi connectivity index (χ1n) is 7.56. The van der Waals surface area contributed by atoms with E-state index in [-0.39, 0.29) is 17.6 Å². The summed E-state index contributed by atoms with van der Waals surface area (Å²) < 4.78 is 0. The summed E-state index contributed by atoms with van der Waals surface area (Å²) in [5.74, 6) is 0.325. The van der Waals surface area contributed by atoms with E-state index in [1.54, 1.807) is 17.5 Å². The standard InChI is InChI=1S/C16H17N3O3S/c1-10-4-2-7-13(10)17-15(20)14-9-23-16(18-14)11-5-3-6-12(8-11)19(21)22/h3,5-6,8-10,13H,2,4,7H2,1H3,(H,17,20). The van der Waals surface area contributed by atoms with Crippen molar-refractivity contribution in [3.05, 3.63) is 45.5 Å². The molecule has 0 bridgehead atoms. The number of hydrogen-bond acceptors (Lipinski definition) is 5. The van der Waals surface area contributed by atoms with Gasteiger partial charge in [-0.15, -0.1) is 11.3 Å². The van der Waals surface area contributed by atoms with Gasteiger partial charge in [0.05, 0.1) is 4.92 Å². The number of rotatable bonds is 4. The molecule has 1 fully saturated rings. The van der Waals surface area contributed by atoms with Crippen LogP contribution in [0.3, 0.4) is 0 Å². The van der Waals surface area contributed by atoms with Crippen molar-refractivity contribution in [2.45, 2.75) is 32.2 Å². The number of thiazole rings is 1. The highest BCUT2D eigenvalue weighted by Crippen LogP contribution is 2.28. The fraction of sp³-hybridized carbons (Fsp3) is 0.375. The number of nitrogens with one attached hydrogen (secondary N) is 1. The van der Waals surface area contributed by atoms with Gasteiger partial charge in [-0.25, -0.2) is 4.98 Å². The lowest BCUT2D eigenvalue weighted by atomic mass is 10.1. The number of amides is 1. The van der Waals surface area contributed by atoms with Crippen molar-refractivity contribution in [1.29, 1.82) is 0 Å². The number of carbonyl (C=O) groups excluding carboxylic acids is 1. The van der Waals surface area contributed by atoms with E-state index in [0.717, 1.165) is 19.3 Å². The highest BCUT2D eigenvalue weighted by molar-refractivity contribution is 7.13. The minimum atomic E-state index is -0.438. The average molecular weight is 331 g/mol. The second-order valence-electron chi connectivity index (χ2n) is 5.83. The summed E-state index contributed by atoms with van der Waals surface area (Å²) in [5, 5.41) is 16.2. The molecular formula is C16H17N3O3S. The van der Waals surface area contributed by atoms with E-state index >= 15 is 0 Å². The number of nitrogens with zero attached hydrogens (tertiary/aromatic N) is 2. The number of non-ortho nitro benzene ring substituents is 1. The van der Waals surface area contributed by atoms with Crippen molar-refractivity contribution in [3.63, 3.8) is 0 Å². The van der Waals surface area contributed by atoms with Crippen LogP contribution >= 0.6 is 11.3 Å². The van der Waals surface area contributed by atoms with Crippen LogP contribution in [0.2, 0.25) is 0 Å². The Bertz CT molecular complexity index is 744. The van der Waals surface area contributed by atoms with Crippen LogP contribution in [-0.4, -0.2) is 21.9 Å². The van der Waals surface area contributed by atoms with Crippen molar-refractivity contribution in [3.8, 4) is 10.6 Å². The average Bonchev–Trinajstić information content (AvgIpc) is 3.17. The molecule has 0 saturated heterocycles. The molecule has 2 aromatic rings. The molecule has 1 aromatic carbocycles. The molecule has 2 unspecified atom stereocenters. The van der Waals surface area contributed by atoms with Crippen LogP contribution in [0.5, 0.6) is 0 Å². The lowest BCUT2D eigenvalue weighted by molar-refractivity contribution is -0.384. The van der Waals surface area contributed by atoms with Gasteiger partial charge in [0.1, 0.15) is 10.7 Å². The molecule has 0 radical (unpaired) electrons. The number of benzene rings is 1. The topological polar surface area (TPSA) is 85.1 Å². The summed E-state index contributed by atoms with van der Waals surface area (Å²) in [7, 11) is 0.